The van der Waals surface area contributed by atoms with Gasteiger partial charge in [-0.25, -0.2) is 4.79 Å². The van der Waals surface area contributed by atoms with Crippen LogP contribution in [0, 0.1) is 0 Å². The molecule has 1 aliphatic rings. The molecular formula is C21H26N2O4S. The number of thiocarbonyl (C=S) groups is 1. The minimum Gasteiger partial charge on any atom is -0.490 e. The van der Waals surface area contributed by atoms with Gasteiger partial charge in [0.25, 0.3) is 0 Å². The smallest absolute Gasteiger partial charge is 0.338 e. The maximum Gasteiger partial charge on any atom is 0.338 e. The zero-order chi connectivity index (χ0) is 20.5. The van der Waals surface area contributed by atoms with Crippen molar-refractivity contribution in [2.24, 2.45) is 0 Å². The third kappa shape index (κ3) is 5.21. The average molecular weight is 403 g/mol. The molecule has 7 heteroatoms. The van der Waals surface area contributed by atoms with Crippen molar-refractivity contribution in [1.82, 2.24) is 10.2 Å². The van der Waals surface area contributed by atoms with Crippen molar-refractivity contribution in [1.29, 1.82) is 0 Å². The second kappa shape index (κ2) is 10.6. The molecule has 0 unspecified atom stereocenters. The first kappa shape index (κ1) is 21.7. The summed E-state index contributed by atoms with van der Waals surface area (Å²) in [5.41, 5.74) is 2.07. The molecule has 1 aromatic carbocycles. The molecule has 1 atom stereocenters. The molecule has 0 saturated carbocycles. The molecule has 0 aromatic heterocycles. The lowest BCUT2D eigenvalue weighted by Gasteiger charge is -2.37. The van der Waals surface area contributed by atoms with E-state index in [9.17, 15) is 4.79 Å². The number of rotatable bonds is 10. The van der Waals surface area contributed by atoms with Crippen LogP contribution in [0.25, 0.3) is 0 Å². The van der Waals surface area contributed by atoms with Gasteiger partial charge in [-0.05, 0) is 36.8 Å². The predicted octanol–water partition coefficient (Wildman–Crippen LogP) is 3.13. The van der Waals surface area contributed by atoms with Crippen LogP contribution in [0.3, 0.4) is 0 Å². The Bertz CT molecular complexity index is 775. The molecule has 0 bridgehead atoms. The largest absolute Gasteiger partial charge is 0.490 e. The number of nitrogens with one attached hydrogen (secondary N) is 1. The van der Waals surface area contributed by atoms with Crippen LogP contribution < -0.4 is 10.1 Å². The van der Waals surface area contributed by atoms with Gasteiger partial charge in [0.05, 0.1) is 18.2 Å². The molecule has 6 nitrogen and oxygen atoms in total. The minimum absolute atomic E-state index is 0.174. The van der Waals surface area contributed by atoms with Crippen LogP contribution in [-0.4, -0.2) is 49.5 Å². The van der Waals surface area contributed by atoms with Crippen molar-refractivity contribution in [3.63, 3.8) is 0 Å². The molecule has 0 spiro atoms. The molecule has 1 heterocycles. The molecule has 1 aliphatic heterocycles. The van der Waals surface area contributed by atoms with E-state index in [1.807, 2.05) is 36.1 Å². The molecule has 0 saturated heterocycles. The molecule has 0 radical (unpaired) electrons. The van der Waals surface area contributed by atoms with E-state index in [4.69, 9.17) is 26.4 Å². The van der Waals surface area contributed by atoms with Crippen molar-refractivity contribution < 1.29 is 19.0 Å². The second-order valence-electron chi connectivity index (χ2n) is 6.08. The number of hydrogen-bond donors (Lipinski definition) is 1. The van der Waals surface area contributed by atoms with E-state index >= 15 is 0 Å². The molecule has 150 valence electrons. The Balaban J connectivity index is 2.42. The number of ether oxygens (including phenoxy) is 3. The van der Waals surface area contributed by atoms with Crippen LogP contribution in [-0.2, 0) is 14.3 Å². The Morgan fingerprint density at radius 2 is 2.11 bits per heavy atom. The van der Waals surface area contributed by atoms with Gasteiger partial charge in [-0.15, -0.1) is 6.58 Å². The lowest BCUT2D eigenvalue weighted by molar-refractivity contribution is -0.140. The summed E-state index contributed by atoms with van der Waals surface area (Å²) in [7, 11) is 1.56. The Kier molecular flexibility index (Phi) is 8.22. The first-order valence-electron chi connectivity index (χ1n) is 8.92. The molecule has 0 fully saturated rings. The minimum atomic E-state index is -0.448. The zero-order valence-electron chi connectivity index (χ0n) is 16.3. The fraction of sp³-hybridized carbons (Fsp3) is 0.333. The van der Waals surface area contributed by atoms with Crippen molar-refractivity contribution in [3.8, 4) is 5.75 Å². The molecular weight excluding hydrogens is 376 g/mol. The van der Waals surface area contributed by atoms with Crippen LogP contribution in [0.1, 0.15) is 18.5 Å². The van der Waals surface area contributed by atoms with E-state index in [2.05, 4.69) is 18.5 Å². The van der Waals surface area contributed by atoms with E-state index in [1.165, 1.54) is 0 Å². The van der Waals surface area contributed by atoms with Gasteiger partial charge in [0.2, 0.25) is 0 Å². The van der Waals surface area contributed by atoms with Crippen LogP contribution in [0.15, 0.2) is 60.8 Å². The van der Waals surface area contributed by atoms with Crippen LogP contribution in [0.4, 0.5) is 0 Å². The first-order chi connectivity index (χ1) is 13.5. The van der Waals surface area contributed by atoms with Gasteiger partial charge in [0, 0.05) is 19.4 Å². The Morgan fingerprint density at radius 3 is 2.79 bits per heavy atom. The number of carbonyl (C=O) groups is 1. The number of methoxy groups -OCH3 is 1. The van der Waals surface area contributed by atoms with E-state index in [-0.39, 0.29) is 6.61 Å². The molecule has 0 amide bonds. The lowest BCUT2D eigenvalue weighted by Crippen LogP contribution is -2.47. The highest BCUT2D eigenvalue weighted by atomic mass is 32.1. The number of carbonyl (C=O) groups excluding carboxylic acids is 1. The number of hydrogen-bond acceptors (Lipinski definition) is 5. The fourth-order valence-electron chi connectivity index (χ4n) is 2.88. The maximum absolute atomic E-state index is 12.9. The first-order valence-corrected chi connectivity index (χ1v) is 9.33. The molecule has 0 aliphatic carbocycles. The summed E-state index contributed by atoms with van der Waals surface area (Å²) in [5.74, 6) is 0.268. The summed E-state index contributed by atoms with van der Waals surface area (Å²) < 4.78 is 16.0. The summed E-state index contributed by atoms with van der Waals surface area (Å²) >= 11 is 5.51. The predicted molar refractivity (Wildman–Crippen MR) is 113 cm³/mol. The van der Waals surface area contributed by atoms with Gasteiger partial charge in [-0.1, -0.05) is 30.9 Å². The lowest BCUT2D eigenvalue weighted by atomic mass is 9.95. The van der Waals surface area contributed by atoms with E-state index in [1.54, 1.807) is 19.3 Å². The van der Waals surface area contributed by atoms with Gasteiger partial charge >= 0.3 is 5.97 Å². The Morgan fingerprint density at radius 1 is 1.32 bits per heavy atom. The van der Waals surface area contributed by atoms with Crippen LogP contribution >= 0.6 is 12.2 Å². The van der Waals surface area contributed by atoms with Gasteiger partial charge in [-0.2, -0.15) is 0 Å². The summed E-state index contributed by atoms with van der Waals surface area (Å²) in [5, 5.41) is 3.77. The highest BCUT2D eigenvalue weighted by Gasteiger charge is 2.34. The summed E-state index contributed by atoms with van der Waals surface area (Å²) in [4.78, 5) is 14.7. The standard InChI is InChI=1S/C21H26N2O4S/c1-5-10-23-15(3)18(20(24)27-13-12-25-4)19(22-21(23)28)16-8-7-9-17(14-16)26-11-6-2/h5-9,14,19H,1-2,10-13H2,3-4H3,(H,22,28)/t19-/m0/s1. The SMILES string of the molecule is C=CCOc1cccc([C@@H]2NC(=S)N(CC=C)C(C)=C2C(=O)OCCOC)c1. The molecule has 1 N–H and O–H groups in total. The number of nitrogens with zero attached hydrogens (tertiary/aromatic N) is 1. The number of benzene rings is 1. The van der Waals surface area contributed by atoms with Crippen LogP contribution in [0.5, 0.6) is 5.75 Å². The van der Waals surface area contributed by atoms with Crippen molar-refractivity contribution in [3.05, 3.63) is 66.4 Å². The van der Waals surface area contributed by atoms with Gasteiger partial charge in [0.15, 0.2) is 5.11 Å². The fourth-order valence-corrected chi connectivity index (χ4v) is 3.21. The quantitative estimate of drug-likeness (QED) is 0.279. The summed E-state index contributed by atoms with van der Waals surface area (Å²) in [6, 6.07) is 7.07. The number of allylic oxidation sites excluding steroid dienone is 1. The third-order valence-electron chi connectivity index (χ3n) is 4.21. The van der Waals surface area contributed by atoms with Gasteiger partial charge in [-0.3, -0.25) is 0 Å². The third-order valence-corrected chi connectivity index (χ3v) is 4.55. The maximum atomic E-state index is 12.9. The molecule has 28 heavy (non-hydrogen) atoms. The highest BCUT2D eigenvalue weighted by Crippen LogP contribution is 2.32. The van der Waals surface area contributed by atoms with Crippen molar-refractivity contribution in [2.45, 2.75) is 13.0 Å². The average Bonchev–Trinajstić information content (AvgIpc) is 2.69. The van der Waals surface area contributed by atoms with Crippen molar-refractivity contribution in [2.75, 3.05) is 33.5 Å². The van der Waals surface area contributed by atoms with E-state index in [0.717, 1.165) is 11.3 Å². The zero-order valence-corrected chi connectivity index (χ0v) is 17.1. The molecule has 2 rings (SSSR count). The van der Waals surface area contributed by atoms with Crippen molar-refractivity contribution >= 4 is 23.3 Å². The van der Waals surface area contributed by atoms with Crippen LogP contribution in [0.2, 0.25) is 0 Å². The van der Waals surface area contributed by atoms with E-state index < -0.39 is 12.0 Å². The second-order valence-corrected chi connectivity index (χ2v) is 6.47. The highest BCUT2D eigenvalue weighted by molar-refractivity contribution is 7.80. The topological polar surface area (TPSA) is 60.0 Å². The van der Waals surface area contributed by atoms with Gasteiger partial charge in [0.1, 0.15) is 19.0 Å². The van der Waals surface area contributed by atoms with E-state index in [0.29, 0.717) is 36.2 Å². The van der Waals surface area contributed by atoms with Gasteiger partial charge < -0.3 is 24.4 Å². The number of esters is 1. The summed E-state index contributed by atoms with van der Waals surface area (Å²) in [6.45, 7) is 10.7. The summed E-state index contributed by atoms with van der Waals surface area (Å²) in [6.07, 6.45) is 3.41. The Labute approximate surface area is 171 Å². The normalized spacial score (nSPS) is 16.4. The molecule has 1 aromatic rings. The Hall–Kier alpha value is -2.64. The monoisotopic (exact) mass is 402 g/mol.